The molecule has 0 spiro atoms. The zero-order valence-corrected chi connectivity index (χ0v) is 11.8. The summed E-state index contributed by atoms with van der Waals surface area (Å²) < 4.78 is 0. The Morgan fingerprint density at radius 2 is 2.12 bits per heavy atom. The zero-order chi connectivity index (χ0) is 12.3. The molecule has 0 aliphatic carbocycles. The molecule has 1 amide bonds. The van der Waals surface area contributed by atoms with Crippen molar-refractivity contribution in [2.75, 3.05) is 25.9 Å². The molecule has 17 heavy (non-hydrogen) atoms. The Morgan fingerprint density at radius 1 is 1.29 bits per heavy atom. The van der Waals surface area contributed by atoms with Gasteiger partial charge in [-0.25, -0.2) is 0 Å². The SMILES string of the molecule is CSC1CCCN(C(=O)C2NCCC2C)CC1. The van der Waals surface area contributed by atoms with Crippen LogP contribution in [0.4, 0.5) is 0 Å². The molecule has 1 N–H and O–H groups in total. The molecule has 2 fully saturated rings. The van der Waals surface area contributed by atoms with Gasteiger partial charge in [0.2, 0.25) is 5.91 Å². The number of nitrogens with one attached hydrogen (secondary N) is 1. The lowest BCUT2D eigenvalue weighted by molar-refractivity contribution is -0.133. The lowest BCUT2D eigenvalue weighted by atomic mass is 10.0. The summed E-state index contributed by atoms with van der Waals surface area (Å²) in [5.74, 6) is 0.846. The van der Waals surface area contributed by atoms with Crippen molar-refractivity contribution in [3.05, 3.63) is 0 Å². The highest BCUT2D eigenvalue weighted by Gasteiger charge is 2.33. The van der Waals surface area contributed by atoms with Crippen molar-refractivity contribution in [2.24, 2.45) is 5.92 Å². The Balaban J connectivity index is 1.90. The molecule has 0 aromatic rings. The van der Waals surface area contributed by atoms with E-state index in [1.54, 1.807) is 0 Å². The average molecular weight is 256 g/mol. The molecule has 2 saturated heterocycles. The summed E-state index contributed by atoms with van der Waals surface area (Å²) in [6.45, 7) is 5.10. The monoisotopic (exact) mass is 256 g/mol. The molecule has 4 heteroatoms. The summed E-state index contributed by atoms with van der Waals surface area (Å²) in [6, 6.07) is 0.0841. The molecule has 2 rings (SSSR count). The van der Waals surface area contributed by atoms with E-state index in [0.717, 1.165) is 37.7 Å². The molecule has 2 aliphatic rings. The molecule has 0 aromatic carbocycles. The van der Waals surface area contributed by atoms with Crippen molar-refractivity contribution < 1.29 is 4.79 Å². The molecule has 2 heterocycles. The third-order valence-electron chi connectivity index (χ3n) is 4.12. The largest absolute Gasteiger partial charge is 0.341 e. The third kappa shape index (κ3) is 3.16. The zero-order valence-electron chi connectivity index (χ0n) is 10.9. The van der Waals surface area contributed by atoms with Crippen LogP contribution in [0.25, 0.3) is 0 Å². The lowest BCUT2D eigenvalue weighted by Crippen LogP contribution is -2.46. The van der Waals surface area contributed by atoms with Crippen LogP contribution in [0.2, 0.25) is 0 Å². The fourth-order valence-corrected chi connectivity index (χ4v) is 3.63. The number of hydrogen-bond donors (Lipinski definition) is 1. The van der Waals surface area contributed by atoms with E-state index in [9.17, 15) is 4.79 Å². The summed E-state index contributed by atoms with van der Waals surface area (Å²) in [4.78, 5) is 14.5. The van der Waals surface area contributed by atoms with Crippen LogP contribution in [0.1, 0.15) is 32.6 Å². The van der Waals surface area contributed by atoms with Gasteiger partial charge in [-0.2, -0.15) is 11.8 Å². The molecular weight excluding hydrogens is 232 g/mol. The lowest BCUT2D eigenvalue weighted by Gasteiger charge is -2.26. The number of carbonyl (C=O) groups excluding carboxylic acids is 1. The van der Waals surface area contributed by atoms with Crippen molar-refractivity contribution in [3.8, 4) is 0 Å². The summed E-state index contributed by atoms with van der Waals surface area (Å²) >= 11 is 1.95. The first-order valence-electron chi connectivity index (χ1n) is 6.77. The number of hydrogen-bond acceptors (Lipinski definition) is 3. The fraction of sp³-hybridized carbons (Fsp3) is 0.923. The first-order chi connectivity index (χ1) is 8.22. The van der Waals surface area contributed by atoms with E-state index >= 15 is 0 Å². The molecule has 3 unspecified atom stereocenters. The van der Waals surface area contributed by atoms with Crippen LogP contribution >= 0.6 is 11.8 Å². The molecule has 2 aliphatic heterocycles. The van der Waals surface area contributed by atoms with Crippen LogP contribution in [0.3, 0.4) is 0 Å². The number of likely N-dealkylation sites (tertiary alicyclic amines) is 1. The van der Waals surface area contributed by atoms with Gasteiger partial charge in [0.25, 0.3) is 0 Å². The summed E-state index contributed by atoms with van der Waals surface area (Å²) in [5, 5.41) is 4.10. The van der Waals surface area contributed by atoms with Gasteiger partial charge in [-0.15, -0.1) is 0 Å². The molecule has 0 aromatic heterocycles. The molecule has 3 nitrogen and oxygen atoms in total. The van der Waals surface area contributed by atoms with Crippen molar-refractivity contribution in [1.82, 2.24) is 10.2 Å². The highest BCUT2D eigenvalue weighted by atomic mass is 32.2. The number of rotatable bonds is 2. The number of thioether (sulfide) groups is 1. The van der Waals surface area contributed by atoms with Crippen LogP contribution in [-0.4, -0.2) is 48.0 Å². The third-order valence-corrected chi connectivity index (χ3v) is 5.26. The number of amides is 1. The molecule has 3 atom stereocenters. The minimum absolute atomic E-state index is 0.0841. The van der Waals surface area contributed by atoms with Gasteiger partial charge in [0, 0.05) is 18.3 Å². The van der Waals surface area contributed by atoms with E-state index < -0.39 is 0 Å². The van der Waals surface area contributed by atoms with Crippen molar-refractivity contribution >= 4 is 17.7 Å². The van der Waals surface area contributed by atoms with Gasteiger partial charge in [0.05, 0.1) is 6.04 Å². The maximum atomic E-state index is 12.4. The number of carbonyl (C=O) groups is 1. The first-order valence-corrected chi connectivity index (χ1v) is 8.06. The van der Waals surface area contributed by atoms with Crippen molar-refractivity contribution in [2.45, 2.75) is 43.9 Å². The molecule has 98 valence electrons. The van der Waals surface area contributed by atoms with Crippen LogP contribution in [0.5, 0.6) is 0 Å². The second-order valence-electron chi connectivity index (χ2n) is 5.31. The van der Waals surface area contributed by atoms with Gasteiger partial charge in [-0.3, -0.25) is 4.79 Å². The molecule has 0 bridgehead atoms. The minimum atomic E-state index is 0.0841. The van der Waals surface area contributed by atoms with E-state index in [4.69, 9.17) is 0 Å². The van der Waals surface area contributed by atoms with Crippen LogP contribution in [0.15, 0.2) is 0 Å². The van der Waals surface area contributed by atoms with Crippen LogP contribution in [0, 0.1) is 5.92 Å². The van der Waals surface area contributed by atoms with Crippen molar-refractivity contribution in [1.29, 1.82) is 0 Å². The Hall–Kier alpha value is -0.220. The summed E-state index contributed by atoms with van der Waals surface area (Å²) in [7, 11) is 0. The van der Waals surface area contributed by atoms with Crippen molar-refractivity contribution in [3.63, 3.8) is 0 Å². The summed E-state index contributed by atoms with van der Waals surface area (Å²) in [5.41, 5.74) is 0. The Morgan fingerprint density at radius 3 is 2.76 bits per heavy atom. The smallest absolute Gasteiger partial charge is 0.239 e. The van der Waals surface area contributed by atoms with Gasteiger partial charge in [0.1, 0.15) is 0 Å². The van der Waals surface area contributed by atoms with Gasteiger partial charge in [-0.1, -0.05) is 6.92 Å². The Bertz CT molecular complexity index is 272. The summed E-state index contributed by atoms with van der Waals surface area (Å²) in [6.07, 6.45) is 6.91. The quantitative estimate of drug-likeness (QED) is 0.816. The van der Waals surface area contributed by atoms with Gasteiger partial charge in [0.15, 0.2) is 0 Å². The van der Waals surface area contributed by atoms with E-state index in [-0.39, 0.29) is 6.04 Å². The standard InChI is InChI=1S/C13H24N2OS/c1-10-5-7-14-12(10)13(16)15-8-3-4-11(17-2)6-9-15/h10-12,14H,3-9H2,1-2H3. The van der Waals surface area contributed by atoms with Gasteiger partial charge < -0.3 is 10.2 Å². The second kappa shape index (κ2) is 6.10. The van der Waals surface area contributed by atoms with Gasteiger partial charge in [-0.05, 0) is 44.4 Å². The van der Waals surface area contributed by atoms with Gasteiger partial charge >= 0.3 is 0 Å². The Labute approximate surface area is 109 Å². The highest BCUT2D eigenvalue weighted by molar-refractivity contribution is 7.99. The molecule has 0 radical (unpaired) electrons. The highest BCUT2D eigenvalue weighted by Crippen LogP contribution is 2.23. The van der Waals surface area contributed by atoms with Crippen LogP contribution < -0.4 is 5.32 Å². The Kier molecular flexibility index (Phi) is 4.74. The van der Waals surface area contributed by atoms with E-state index in [0.29, 0.717) is 11.8 Å². The first kappa shape index (κ1) is 13.2. The second-order valence-corrected chi connectivity index (χ2v) is 6.45. The number of nitrogens with zero attached hydrogens (tertiary/aromatic N) is 1. The van der Waals surface area contributed by atoms with E-state index in [2.05, 4.69) is 23.4 Å². The van der Waals surface area contributed by atoms with E-state index in [1.807, 2.05) is 11.8 Å². The predicted octanol–water partition coefficient (Wildman–Crippen LogP) is 1.73. The average Bonchev–Trinajstić information content (AvgIpc) is 2.64. The molecular formula is C13H24N2OS. The minimum Gasteiger partial charge on any atom is -0.341 e. The normalized spacial score (nSPS) is 34.7. The maximum absolute atomic E-state index is 12.4. The topological polar surface area (TPSA) is 32.3 Å². The molecule has 0 saturated carbocycles. The maximum Gasteiger partial charge on any atom is 0.239 e. The predicted molar refractivity (Wildman–Crippen MR) is 73.3 cm³/mol. The van der Waals surface area contributed by atoms with Crippen LogP contribution in [-0.2, 0) is 4.79 Å². The van der Waals surface area contributed by atoms with E-state index in [1.165, 1.54) is 12.8 Å². The fourth-order valence-electron chi connectivity index (χ4n) is 2.88.